The van der Waals surface area contributed by atoms with Crippen molar-refractivity contribution in [1.29, 1.82) is 0 Å². The number of nitrogens with zero attached hydrogens (tertiary/aromatic N) is 1. The maximum atomic E-state index is 12.6. The number of rotatable bonds is 10. The van der Waals surface area contributed by atoms with E-state index in [1.165, 1.54) is 25.7 Å². The Bertz CT molecular complexity index is 419. The lowest BCUT2D eigenvalue weighted by Gasteiger charge is -2.23. The molecule has 0 aliphatic heterocycles. The van der Waals surface area contributed by atoms with Crippen molar-refractivity contribution in [2.24, 2.45) is 0 Å². The lowest BCUT2D eigenvalue weighted by molar-refractivity contribution is 0.0750. The molecule has 0 aliphatic carbocycles. The molecule has 1 aromatic rings. The Morgan fingerprint density at radius 1 is 1.00 bits per heavy atom. The third-order valence-electron chi connectivity index (χ3n) is 3.67. The summed E-state index contributed by atoms with van der Waals surface area (Å²) in [6, 6.07) is 7.70. The molecule has 1 amide bonds. The minimum absolute atomic E-state index is 0.167. The van der Waals surface area contributed by atoms with Gasteiger partial charge in [0.2, 0.25) is 0 Å². The van der Waals surface area contributed by atoms with Gasteiger partial charge in [-0.15, -0.1) is 0 Å². The molecule has 1 aromatic carbocycles. The van der Waals surface area contributed by atoms with Gasteiger partial charge >= 0.3 is 0 Å². The van der Waals surface area contributed by atoms with Crippen molar-refractivity contribution in [1.82, 2.24) is 4.90 Å². The third kappa shape index (κ3) is 7.12. The molecule has 3 heteroatoms. The normalized spacial score (nSPS) is 10.6. The minimum atomic E-state index is 0.167. The van der Waals surface area contributed by atoms with Crippen molar-refractivity contribution in [2.45, 2.75) is 58.8 Å². The van der Waals surface area contributed by atoms with E-state index >= 15 is 0 Å². The molecule has 0 fully saturated rings. The van der Waals surface area contributed by atoms with Crippen LogP contribution in [0.5, 0.6) is 0 Å². The average molecular weight is 354 g/mol. The lowest BCUT2D eigenvalue weighted by atomic mass is 10.1. The number of halogens is 1. The average Bonchev–Trinajstić information content (AvgIpc) is 2.49. The van der Waals surface area contributed by atoms with Gasteiger partial charge in [-0.1, -0.05) is 67.9 Å². The smallest absolute Gasteiger partial charge is 0.253 e. The first-order chi connectivity index (χ1) is 10.2. The summed E-state index contributed by atoms with van der Waals surface area (Å²) in [6.45, 7) is 6.15. The van der Waals surface area contributed by atoms with Crippen LogP contribution in [0.2, 0.25) is 0 Å². The van der Waals surface area contributed by atoms with E-state index in [0.717, 1.165) is 42.4 Å². The lowest BCUT2D eigenvalue weighted by Crippen LogP contribution is -2.33. The van der Waals surface area contributed by atoms with E-state index in [1.807, 2.05) is 29.2 Å². The Kier molecular flexibility index (Phi) is 9.40. The molecule has 0 bridgehead atoms. The number of amides is 1. The molecule has 0 aromatic heterocycles. The zero-order valence-corrected chi connectivity index (χ0v) is 15.0. The second kappa shape index (κ2) is 10.8. The molecule has 0 radical (unpaired) electrons. The zero-order valence-electron chi connectivity index (χ0n) is 13.4. The molecule has 0 heterocycles. The van der Waals surface area contributed by atoms with Gasteiger partial charge in [0.1, 0.15) is 0 Å². The molecule has 0 saturated carbocycles. The first-order valence-corrected chi connectivity index (χ1v) is 9.03. The van der Waals surface area contributed by atoms with E-state index < -0.39 is 0 Å². The highest BCUT2D eigenvalue weighted by atomic mass is 79.9. The Morgan fingerprint density at radius 3 is 2.33 bits per heavy atom. The van der Waals surface area contributed by atoms with Crippen LogP contribution < -0.4 is 0 Å². The summed E-state index contributed by atoms with van der Waals surface area (Å²) < 4.78 is 0.965. The van der Waals surface area contributed by atoms with E-state index in [-0.39, 0.29) is 5.91 Å². The highest BCUT2D eigenvalue weighted by Crippen LogP contribution is 2.15. The quantitative estimate of drug-likeness (QED) is 0.496. The van der Waals surface area contributed by atoms with Gasteiger partial charge in [0, 0.05) is 23.1 Å². The van der Waals surface area contributed by atoms with E-state index in [1.54, 1.807) is 0 Å². The van der Waals surface area contributed by atoms with Crippen LogP contribution in [0, 0.1) is 0 Å². The van der Waals surface area contributed by atoms with E-state index in [0.29, 0.717) is 0 Å². The standard InChI is InChI=1S/C18H28BrNO/c1-3-5-7-8-9-14-20(13-6-4-2)18(21)16-11-10-12-17(19)15-16/h10-12,15H,3-9,13-14H2,1-2H3. The predicted octanol–water partition coefficient (Wildman–Crippen LogP) is 5.66. The second-order valence-electron chi connectivity index (χ2n) is 5.57. The molecule has 0 unspecified atom stereocenters. The number of hydrogen-bond acceptors (Lipinski definition) is 1. The summed E-state index contributed by atoms with van der Waals surface area (Å²) in [5.74, 6) is 0.167. The largest absolute Gasteiger partial charge is 0.339 e. The Labute approximate surface area is 138 Å². The van der Waals surface area contributed by atoms with Crippen molar-refractivity contribution < 1.29 is 4.79 Å². The molecular weight excluding hydrogens is 326 g/mol. The van der Waals surface area contributed by atoms with Crippen molar-refractivity contribution in [2.75, 3.05) is 13.1 Å². The van der Waals surface area contributed by atoms with Crippen LogP contribution in [0.1, 0.15) is 69.2 Å². The summed E-state index contributed by atoms with van der Waals surface area (Å²) in [4.78, 5) is 14.7. The van der Waals surface area contributed by atoms with Crippen LogP contribution in [0.3, 0.4) is 0 Å². The van der Waals surface area contributed by atoms with Crippen LogP contribution >= 0.6 is 15.9 Å². The number of unbranched alkanes of at least 4 members (excludes halogenated alkanes) is 5. The van der Waals surface area contributed by atoms with E-state index in [9.17, 15) is 4.79 Å². The molecule has 118 valence electrons. The topological polar surface area (TPSA) is 20.3 Å². The molecule has 0 atom stereocenters. The van der Waals surface area contributed by atoms with Crippen LogP contribution in [0.25, 0.3) is 0 Å². The Morgan fingerprint density at radius 2 is 1.67 bits per heavy atom. The third-order valence-corrected chi connectivity index (χ3v) is 4.17. The number of carbonyl (C=O) groups excluding carboxylic acids is 1. The highest BCUT2D eigenvalue weighted by molar-refractivity contribution is 9.10. The second-order valence-corrected chi connectivity index (χ2v) is 6.49. The van der Waals surface area contributed by atoms with Crippen molar-refractivity contribution in [3.05, 3.63) is 34.3 Å². The minimum Gasteiger partial charge on any atom is -0.339 e. The summed E-state index contributed by atoms with van der Waals surface area (Å²) in [5.41, 5.74) is 0.786. The molecule has 0 spiro atoms. The summed E-state index contributed by atoms with van der Waals surface area (Å²) >= 11 is 3.44. The SMILES string of the molecule is CCCCCCCN(CCCC)C(=O)c1cccc(Br)c1. The Hall–Kier alpha value is -0.830. The summed E-state index contributed by atoms with van der Waals surface area (Å²) in [5, 5.41) is 0. The highest BCUT2D eigenvalue weighted by Gasteiger charge is 2.15. The van der Waals surface area contributed by atoms with Gasteiger partial charge < -0.3 is 4.90 Å². The fourth-order valence-corrected chi connectivity index (χ4v) is 2.77. The van der Waals surface area contributed by atoms with Gasteiger partial charge in [-0.25, -0.2) is 0 Å². The number of hydrogen-bond donors (Lipinski definition) is 0. The van der Waals surface area contributed by atoms with E-state index in [4.69, 9.17) is 0 Å². The van der Waals surface area contributed by atoms with Gasteiger partial charge in [0.15, 0.2) is 0 Å². The molecule has 0 saturated heterocycles. The van der Waals surface area contributed by atoms with Gasteiger partial charge in [0.05, 0.1) is 0 Å². The van der Waals surface area contributed by atoms with Crippen molar-refractivity contribution >= 4 is 21.8 Å². The van der Waals surface area contributed by atoms with E-state index in [2.05, 4.69) is 29.8 Å². The molecule has 0 N–H and O–H groups in total. The summed E-state index contributed by atoms with van der Waals surface area (Å²) in [6.07, 6.45) is 8.38. The van der Waals surface area contributed by atoms with Crippen LogP contribution in [-0.4, -0.2) is 23.9 Å². The zero-order chi connectivity index (χ0) is 15.5. The van der Waals surface area contributed by atoms with Crippen molar-refractivity contribution in [3.63, 3.8) is 0 Å². The Balaban J connectivity index is 2.56. The molecule has 0 aliphatic rings. The molecule has 21 heavy (non-hydrogen) atoms. The molecular formula is C18H28BrNO. The number of benzene rings is 1. The van der Waals surface area contributed by atoms with Crippen LogP contribution in [-0.2, 0) is 0 Å². The molecule has 2 nitrogen and oxygen atoms in total. The fraction of sp³-hybridized carbons (Fsp3) is 0.611. The van der Waals surface area contributed by atoms with Gasteiger partial charge in [-0.05, 0) is 31.0 Å². The monoisotopic (exact) mass is 353 g/mol. The predicted molar refractivity (Wildman–Crippen MR) is 93.7 cm³/mol. The molecule has 1 rings (SSSR count). The van der Waals surface area contributed by atoms with Gasteiger partial charge in [-0.3, -0.25) is 4.79 Å². The van der Waals surface area contributed by atoms with Gasteiger partial charge in [-0.2, -0.15) is 0 Å². The van der Waals surface area contributed by atoms with Crippen LogP contribution in [0.15, 0.2) is 28.7 Å². The first-order valence-electron chi connectivity index (χ1n) is 8.23. The first kappa shape index (κ1) is 18.2. The number of carbonyl (C=O) groups is 1. The summed E-state index contributed by atoms with van der Waals surface area (Å²) in [7, 11) is 0. The maximum absolute atomic E-state index is 12.6. The van der Waals surface area contributed by atoms with Gasteiger partial charge in [0.25, 0.3) is 5.91 Å². The maximum Gasteiger partial charge on any atom is 0.253 e. The van der Waals surface area contributed by atoms with Crippen LogP contribution in [0.4, 0.5) is 0 Å². The van der Waals surface area contributed by atoms with Crippen molar-refractivity contribution in [3.8, 4) is 0 Å². The fourth-order valence-electron chi connectivity index (χ4n) is 2.37.